The predicted molar refractivity (Wildman–Crippen MR) is 97.2 cm³/mol. The van der Waals surface area contributed by atoms with Gasteiger partial charge in [-0.25, -0.2) is 9.69 Å². The molecule has 0 unspecified atom stereocenters. The minimum absolute atomic E-state index is 0.449. The highest BCUT2D eigenvalue weighted by Crippen LogP contribution is 2.19. The average molecular weight is 374 g/mol. The zero-order chi connectivity index (χ0) is 19.6. The number of benzene rings is 1. The summed E-state index contributed by atoms with van der Waals surface area (Å²) < 4.78 is 5.32. The molecule has 0 atom stereocenters. The number of amides is 5. The van der Waals surface area contributed by atoms with Crippen molar-refractivity contribution in [1.82, 2.24) is 9.80 Å². The van der Waals surface area contributed by atoms with Crippen molar-refractivity contribution in [1.29, 1.82) is 0 Å². The molecule has 27 heavy (non-hydrogen) atoms. The number of rotatable bonds is 5. The van der Waals surface area contributed by atoms with Crippen LogP contribution in [0.25, 0.3) is 0 Å². The summed E-state index contributed by atoms with van der Waals surface area (Å²) in [7, 11) is 0. The van der Waals surface area contributed by atoms with E-state index >= 15 is 0 Å². The van der Waals surface area contributed by atoms with E-state index in [-0.39, 0.29) is 0 Å². The van der Waals surface area contributed by atoms with Gasteiger partial charge in [-0.05, 0) is 38.1 Å². The average Bonchev–Trinajstić information content (AvgIpc) is 2.86. The number of carbonyl (C=O) groups is 4. The maximum absolute atomic E-state index is 12.2. The molecule has 2 aliphatic heterocycles. The van der Waals surface area contributed by atoms with Crippen LogP contribution in [0.1, 0.15) is 13.8 Å². The van der Waals surface area contributed by atoms with Gasteiger partial charge in [-0.2, -0.15) is 0 Å². The molecule has 0 radical (unpaired) electrons. The highest BCUT2D eigenvalue weighted by atomic mass is 16.5. The largest absolute Gasteiger partial charge is 0.378 e. The second-order valence-electron chi connectivity index (χ2n) is 6.64. The molecule has 0 aliphatic carbocycles. The Kier molecular flexibility index (Phi) is 5.41. The molecular weight excluding hydrogens is 352 g/mol. The Morgan fingerprint density at radius 2 is 1.70 bits per heavy atom. The van der Waals surface area contributed by atoms with Gasteiger partial charge < -0.3 is 15.0 Å². The molecule has 2 aliphatic rings. The van der Waals surface area contributed by atoms with Gasteiger partial charge in [0, 0.05) is 30.5 Å². The van der Waals surface area contributed by atoms with Crippen LogP contribution in [0, 0.1) is 0 Å². The monoisotopic (exact) mass is 374 g/mol. The molecule has 3 rings (SSSR count). The zero-order valence-corrected chi connectivity index (χ0v) is 15.3. The van der Waals surface area contributed by atoms with Crippen molar-refractivity contribution >= 4 is 35.1 Å². The summed E-state index contributed by atoms with van der Waals surface area (Å²) >= 11 is 0. The number of morpholine rings is 1. The number of carbonyl (C=O) groups excluding carboxylic acids is 4. The van der Waals surface area contributed by atoms with Gasteiger partial charge in [-0.15, -0.1) is 0 Å². The number of nitrogens with zero attached hydrogens (tertiary/aromatic N) is 3. The molecule has 9 nitrogen and oxygen atoms in total. The van der Waals surface area contributed by atoms with Crippen molar-refractivity contribution in [2.24, 2.45) is 0 Å². The molecule has 5 amide bonds. The molecular formula is C18H22N4O5. The summed E-state index contributed by atoms with van der Waals surface area (Å²) in [6.45, 7) is 5.74. The highest BCUT2D eigenvalue weighted by Gasteiger charge is 2.46. The molecule has 2 fully saturated rings. The second-order valence-corrected chi connectivity index (χ2v) is 6.64. The van der Waals surface area contributed by atoms with Gasteiger partial charge in [-0.1, -0.05) is 0 Å². The van der Waals surface area contributed by atoms with Crippen molar-refractivity contribution in [2.45, 2.75) is 19.9 Å². The van der Waals surface area contributed by atoms with Crippen molar-refractivity contribution in [2.75, 3.05) is 43.1 Å². The van der Waals surface area contributed by atoms with E-state index in [4.69, 9.17) is 4.74 Å². The first-order chi connectivity index (χ1) is 12.9. The van der Waals surface area contributed by atoms with E-state index in [1.807, 2.05) is 12.1 Å². The third kappa shape index (κ3) is 3.92. The Balaban J connectivity index is 1.60. The van der Waals surface area contributed by atoms with Crippen LogP contribution in [0.2, 0.25) is 0 Å². The molecule has 144 valence electrons. The first kappa shape index (κ1) is 18.8. The number of hydrogen-bond acceptors (Lipinski definition) is 6. The normalized spacial score (nSPS) is 17.9. The van der Waals surface area contributed by atoms with Gasteiger partial charge in [0.05, 0.1) is 13.2 Å². The molecule has 1 aromatic carbocycles. The minimum atomic E-state index is -0.980. The van der Waals surface area contributed by atoms with E-state index in [2.05, 4.69) is 10.2 Å². The first-order valence-electron chi connectivity index (χ1n) is 8.80. The van der Waals surface area contributed by atoms with Crippen molar-refractivity contribution in [3.8, 4) is 0 Å². The van der Waals surface area contributed by atoms with E-state index in [9.17, 15) is 19.2 Å². The molecule has 0 saturated carbocycles. The van der Waals surface area contributed by atoms with E-state index in [0.717, 1.165) is 23.7 Å². The Hall–Kier alpha value is -2.94. The van der Waals surface area contributed by atoms with E-state index in [1.165, 1.54) is 0 Å². The van der Waals surface area contributed by atoms with Crippen LogP contribution in [0.4, 0.5) is 16.2 Å². The Morgan fingerprint density at radius 1 is 1.07 bits per heavy atom. The number of nitrogens with one attached hydrogen (secondary N) is 1. The maximum Gasteiger partial charge on any atom is 0.334 e. The third-order valence-electron chi connectivity index (χ3n) is 4.43. The van der Waals surface area contributed by atoms with Gasteiger partial charge in [0.15, 0.2) is 0 Å². The number of anilines is 2. The van der Waals surface area contributed by atoms with E-state index in [1.54, 1.807) is 26.0 Å². The first-order valence-corrected chi connectivity index (χ1v) is 8.80. The van der Waals surface area contributed by atoms with Crippen LogP contribution in [-0.2, 0) is 19.1 Å². The van der Waals surface area contributed by atoms with Crippen LogP contribution < -0.4 is 10.2 Å². The van der Waals surface area contributed by atoms with E-state index in [0.29, 0.717) is 23.8 Å². The molecule has 0 spiro atoms. The van der Waals surface area contributed by atoms with Crippen molar-refractivity contribution in [3.63, 3.8) is 0 Å². The highest BCUT2D eigenvalue weighted by molar-refractivity contribution is 6.45. The topological polar surface area (TPSA) is 99.3 Å². The van der Waals surface area contributed by atoms with Crippen LogP contribution in [0.15, 0.2) is 24.3 Å². The lowest BCUT2D eigenvalue weighted by Gasteiger charge is -2.28. The number of ether oxygens (including phenoxy) is 1. The van der Waals surface area contributed by atoms with Crippen LogP contribution in [0.3, 0.4) is 0 Å². The number of imide groups is 2. The summed E-state index contributed by atoms with van der Waals surface area (Å²) in [5.41, 5.74) is 1.57. The molecule has 1 N–H and O–H groups in total. The standard InChI is InChI=1S/C18H22N4O5/c1-12(2)22-17(25)16(24)21(18(22)26)11-15(23)19-13-3-5-14(6-4-13)20-7-9-27-10-8-20/h3-6,12H,7-11H2,1-2H3,(H,19,23). The fourth-order valence-corrected chi connectivity index (χ4v) is 3.04. The molecule has 9 heteroatoms. The lowest BCUT2D eigenvalue weighted by atomic mass is 10.2. The summed E-state index contributed by atoms with van der Waals surface area (Å²) in [4.78, 5) is 51.9. The molecule has 2 heterocycles. The third-order valence-corrected chi connectivity index (χ3v) is 4.43. The predicted octanol–water partition coefficient (Wildman–Crippen LogP) is 0.661. The van der Waals surface area contributed by atoms with E-state index < -0.39 is 36.3 Å². The van der Waals surface area contributed by atoms with Crippen molar-refractivity contribution in [3.05, 3.63) is 24.3 Å². The summed E-state index contributed by atoms with van der Waals surface area (Å²) in [6.07, 6.45) is 0. The van der Waals surface area contributed by atoms with Gasteiger partial charge in [0.2, 0.25) is 5.91 Å². The Labute approximate surface area is 156 Å². The number of urea groups is 1. The molecule has 0 aromatic heterocycles. The lowest BCUT2D eigenvalue weighted by Crippen LogP contribution is -2.40. The fourth-order valence-electron chi connectivity index (χ4n) is 3.04. The van der Waals surface area contributed by atoms with Crippen LogP contribution in [-0.4, -0.2) is 72.4 Å². The molecule has 2 saturated heterocycles. The second kappa shape index (κ2) is 7.75. The lowest BCUT2D eigenvalue weighted by molar-refractivity contribution is -0.144. The molecule has 1 aromatic rings. The smallest absolute Gasteiger partial charge is 0.334 e. The Bertz CT molecular complexity index is 756. The van der Waals surface area contributed by atoms with Gasteiger partial charge in [-0.3, -0.25) is 19.3 Å². The fraction of sp³-hybridized carbons (Fsp3) is 0.444. The summed E-state index contributed by atoms with van der Waals surface area (Å²) in [5, 5.41) is 2.64. The Morgan fingerprint density at radius 3 is 2.26 bits per heavy atom. The quantitative estimate of drug-likeness (QED) is 0.600. The van der Waals surface area contributed by atoms with Crippen LogP contribution in [0.5, 0.6) is 0 Å². The maximum atomic E-state index is 12.2. The zero-order valence-electron chi connectivity index (χ0n) is 15.3. The summed E-state index contributed by atoms with van der Waals surface area (Å²) in [5.74, 6) is -2.43. The van der Waals surface area contributed by atoms with Gasteiger partial charge in [0.25, 0.3) is 0 Å². The summed E-state index contributed by atoms with van der Waals surface area (Å²) in [6, 6.07) is 6.06. The molecule has 0 bridgehead atoms. The van der Waals surface area contributed by atoms with Crippen LogP contribution >= 0.6 is 0 Å². The van der Waals surface area contributed by atoms with Crippen molar-refractivity contribution < 1.29 is 23.9 Å². The number of hydrogen-bond donors (Lipinski definition) is 1. The van der Waals surface area contributed by atoms with Gasteiger partial charge >= 0.3 is 17.8 Å². The SMILES string of the molecule is CC(C)N1C(=O)C(=O)N(CC(=O)Nc2ccc(N3CCOCC3)cc2)C1=O. The van der Waals surface area contributed by atoms with Gasteiger partial charge in [0.1, 0.15) is 6.54 Å². The minimum Gasteiger partial charge on any atom is -0.378 e.